The SMILES string of the molecule is CCOc1cccc(NC(=S)NC2CC3CCC2C3)c1. The zero-order valence-electron chi connectivity index (χ0n) is 11.9. The van der Waals surface area contributed by atoms with E-state index in [1.54, 1.807) is 0 Å². The molecule has 0 saturated heterocycles. The average Bonchev–Trinajstić information content (AvgIpc) is 3.01. The molecule has 2 saturated carbocycles. The van der Waals surface area contributed by atoms with Gasteiger partial charge in [0.05, 0.1) is 6.61 Å². The van der Waals surface area contributed by atoms with E-state index in [2.05, 4.69) is 10.6 Å². The van der Waals surface area contributed by atoms with Crippen molar-refractivity contribution in [3.63, 3.8) is 0 Å². The van der Waals surface area contributed by atoms with Gasteiger partial charge in [-0.15, -0.1) is 0 Å². The molecule has 0 amide bonds. The molecule has 0 radical (unpaired) electrons. The van der Waals surface area contributed by atoms with Gasteiger partial charge in [-0.25, -0.2) is 0 Å². The van der Waals surface area contributed by atoms with Crippen molar-refractivity contribution in [1.29, 1.82) is 0 Å². The van der Waals surface area contributed by atoms with Gasteiger partial charge < -0.3 is 15.4 Å². The highest BCUT2D eigenvalue weighted by atomic mass is 32.1. The Morgan fingerprint density at radius 1 is 1.35 bits per heavy atom. The summed E-state index contributed by atoms with van der Waals surface area (Å²) in [6.07, 6.45) is 5.45. The molecule has 2 bridgehead atoms. The number of fused-ring (bicyclic) bond motifs is 2. The number of hydrogen-bond donors (Lipinski definition) is 2. The summed E-state index contributed by atoms with van der Waals surface area (Å²) in [4.78, 5) is 0. The third-order valence-corrected chi connectivity index (χ3v) is 4.68. The van der Waals surface area contributed by atoms with Crippen molar-refractivity contribution >= 4 is 23.0 Å². The van der Waals surface area contributed by atoms with E-state index in [4.69, 9.17) is 17.0 Å². The lowest BCUT2D eigenvalue weighted by atomic mass is 9.96. The van der Waals surface area contributed by atoms with E-state index in [1.165, 1.54) is 25.7 Å². The normalized spacial score (nSPS) is 27.4. The maximum absolute atomic E-state index is 5.50. The largest absolute Gasteiger partial charge is 0.494 e. The summed E-state index contributed by atoms with van der Waals surface area (Å²) in [6, 6.07) is 8.51. The van der Waals surface area contributed by atoms with Gasteiger partial charge in [0.25, 0.3) is 0 Å². The highest BCUT2D eigenvalue weighted by molar-refractivity contribution is 7.80. The highest BCUT2D eigenvalue weighted by Gasteiger charge is 2.39. The standard InChI is InChI=1S/C16H22N2OS/c1-2-19-14-5-3-4-13(10-14)17-16(20)18-15-9-11-6-7-12(15)8-11/h3-5,10-12,15H,2,6-9H2,1H3,(H2,17,18,20). The monoisotopic (exact) mass is 290 g/mol. The number of ether oxygens (including phenoxy) is 1. The second kappa shape index (κ2) is 6.00. The van der Waals surface area contributed by atoms with Crippen LogP contribution in [-0.4, -0.2) is 17.8 Å². The molecule has 4 heteroatoms. The van der Waals surface area contributed by atoms with Gasteiger partial charge in [-0.1, -0.05) is 12.5 Å². The van der Waals surface area contributed by atoms with Gasteiger partial charge in [0, 0.05) is 17.8 Å². The van der Waals surface area contributed by atoms with Crippen LogP contribution in [0.15, 0.2) is 24.3 Å². The fraction of sp³-hybridized carbons (Fsp3) is 0.562. The number of anilines is 1. The molecule has 3 nitrogen and oxygen atoms in total. The van der Waals surface area contributed by atoms with Crippen LogP contribution in [0.3, 0.4) is 0 Å². The maximum atomic E-state index is 5.50. The zero-order chi connectivity index (χ0) is 13.9. The molecule has 0 heterocycles. The van der Waals surface area contributed by atoms with E-state index in [9.17, 15) is 0 Å². The molecule has 0 aliphatic heterocycles. The highest BCUT2D eigenvalue weighted by Crippen LogP contribution is 2.44. The smallest absolute Gasteiger partial charge is 0.171 e. The first-order chi connectivity index (χ1) is 9.74. The van der Waals surface area contributed by atoms with Crippen LogP contribution in [-0.2, 0) is 0 Å². The number of nitrogens with one attached hydrogen (secondary N) is 2. The molecule has 2 fully saturated rings. The van der Waals surface area contributed by atoms with Crippen LogP contribution < -0.4 is 15.4 Å². The minimum atomic E-state index is 0.573. The van der Waals surface area contributed by atoms with Crippen LogP contribution in [0, 0.1) is 11.8 Å². The second-order valence-corrected chi connectivity index (χ2v) is 6.25. The minimum Gasteiger partial charge on any atom is -0.494 e. The van der Waals surface area contributed by atoms with E-state index in [0.29, 0.717) is 12.6 Å². The van der Waals surface area contributed by atoms with Crippen molar-refractivity contribution in [1.82, 2.24) is 5.32 Å². The van der Waals surface area contributed by atoms with E-state index in [0.717, 1.165) is 28.4 Å². The first-order valence-corrected chi connectivity index (χ1v) is 7.96. The van der Waals surface area contributed by atoms with Gasteiger partial charge in [-0.2, -0.15) is 0 Å². The summed E-state index contributed by atoms with van der Waals surface area (Å²) in [5, 5.41) is 7.49. The summed E-state index contributed by atoms with van der Waals surface area (Å²) < 4.78 is 5.50. The van der Waals surface area contributed by atoms with Crippen LogP contribution in [0.2, 0.25) is 0 Å². The van der Waals surface area contributed by atoms with Crippen LogP contribution in [0.25, 0.3) is 0 Å². The van der Waals surface area contributed by atoms with Crippen LogP contribution >= 0.6 is 12.2 Å². The van der Waals surface area contributed by atoms with Crippen LogP contribution in [0.5, 0.6) is 5.75 Å². The van der Waals surface area contributed by atoms with Crippen molar-refractivity contribution in [3.05, 3.63) is 24.3 Å². The quantitative estimate of drug-likeness (QED) is 0.831. The van der Waals surface area contributed by atoms with Gasteiger partial charge in [-0.05, 0) is 62.4 Å². The Balaban J connectivity index is 1.54. The Bertz CT molecular complexity index is 491. The molecular weight excluding hydrogens is 268 g/mol. The molecule has 108 valence electrons. The molecule has 3 rings (SSSR count). The van der Waals surface area contributed by atoms with Crippen molar-refractivity contribution in [3.8, 4) is 5.75 Å². The molecule has 3 atom stereocenters. The molecule has 2 N–H and O–H groups in total. The van der Waals surface area contributed by atoms with Crippen molar-refractivity contribution in [2.45, 2.75) is 38.6 Å². The van der Waals surface area contributed by atoms with Gasteiger partial charge in [0.1, 0.15) is 5.75 Å². The predicted octanol–water partition coefficient (Wildman–Crippen LogP) is 3.56. The molecule has 2 aliphatic carbocycles. The van der Waals surface area contributed by atoms with Crippen LogP contribution in [0.4, 0.5) is 5.69 Å². The Kier molecular flexibility index (Phi) is 4.10. The average molecular weight is 290 g/mol. The van der Waals surface area contributed by atoms with E-state index >= 15 is 0 Å². The van der Waals surface area contributed by atoms with E-state index in [-0.39, 0.29) is 0 Å². The fourth-order valence-corrected chi connectivity index (χ4v) is 3.86. The molecule has 3 unspecified atom stereocenters. The number of benzene rings is 1. The molecule has 2 aliphatic rings. The predicted molar refractivity (Wildman–Crippen MR) is 86.2 cm³/mol. The zero-order valence-corrected chi connectivity index (χ0v) is 12.7. The minimum absolute atomic E-state index is 0.573. The Morgan fingerprint density at radius 2 is 2.25 bits per heavy atom. The Labute approximate surface area is 126 Å². The maximum Gasteiger partial charge on any atom is 0.171 e. The van der Waals surface area contributed by atoms with Crippen molar-refractivity contribution < 1.29 is 4.74 Å². The summed E-state index contributed by atoms with van der Waals surface area (Å²) in [5.74, 6) is 2.64. The first-order valence-electron chi connectivity index (χ1n) is 7.55. The van der Waals surface area contributed by atoms with E-state index < -0.39 is 0 Å². The number of rotatable bonds is 4. The fourth-order valence-electron chi connectivity index (χ4n) is 3.59. The van der Waals surface area contributed by atoms with Crippen molar-refractivity contribution in [2.75, 3.05) is 11.9 Å². The molecule has 0 spiro atoms. The molecule has 1 aromatic rings. The van der Waals surface area contributed by atoms with Gasteiger partial charge >= 0.3 is 0 Å². The van der Waals surface area contributed by atoms with Crippen molar-refractivity contribution in [2.24, 2.45) is 11.8 Å². The number of thiocarbonyl (C=S) groups is 1. The van der Waals surface area contributed by atoms with Gasteiger partial charge in [0.15, 0.2) is 5.11 Å². The Hall–Kier alpha value is -1.29. The lowest BCUT2D eigenvalue weighted by molar-refractivity contribution is 0.340. The summed E-state index contributed by atoms with van der Waals surface area (Å²) >= 11 is 5.43. The summed E-state index contributed by atoms with van der Waals surface area (Å²) in [7, 11) is 0. The lowest BCUT2D eigenvalue weighted by Crippen LogP contribution is -2.40. The van der Waals surface area contributed by atoms with Crippen LogP contribution in [0.1, 0.15) is 32.6 Å². The molecule has 0 aromatic heterocycles. The summed E-state index contributed by atoms with van der Waals surface area (Å²) in [5.41, 5.74) is 0.983. The third-order valence-electron chi connectivity index (χ3n) is 4.46. The molecular formula is C16H22N2OS. The van der Waals surface area contributed by atoms with E-state index in [1.807, 2.05) is 31.2 Å². The Morgan fingerprint density at radius 3 is 2.95 bits per heavy atom. The van der Waals surface area contributed by atoms with Gasteiger partial charge in [0.2, 0.25) is 0 Å². The lowest BCUT2D eigenvalue weighted by Gasteiger charge is -2.24. The number of hydrogen-bond acceptors (Lipinski definition) is 2. The third kappa shape index (κ3) is 3.06. The topological polar surface area (TPSA) is 33.3 Å². The second-order valence-electron chi connectivity index (χ2n) is 5.84. The van der Waals surface area contributed by atoms with Gasteiger partial charge in [-0.3, -0.25) is 0 Å². The molecule has 1 aromatic carbocycles. The molecule has 20 heavy (non-hydrogen) atoms. The first kappa shape index (κ1) is 13.7. The summed E-state index contributed by atoms with van der Waals surface area (Å²) in [6.45, 7) is 2.67.